The summed E-state index contributed by atoms with van der Waals surface area (Å²) in [6.07, 6.45) is -1.96. The van der Waals surface area contributed by atoms with E-state index in [4.69, 9.17) is 0 Å². The number of amides is 2. The Labute approximate surface area is 132 Å². The number of rotatable bonds is 4. The van der Waals surface area contributed by atoms with Crippen LogP contribution in [0.5, 0.6) is 0 Å². The highest BCUT2D eigenvalue weighted by atomic mass is 19.3. The van der Waals surface area contributed by atoms with Crippen LogP contribution in [0.3, 0.4) is 0 Å². The van der Waals surface area contributed by atoms with Gasteiger partial charge in [-0.1, -0.05) is 12.1 Å². The van der Waals surface area contributed by atoms with Gasteiger partial charge in [-0.3, -0.25) is 9.59 Å². The summed E-state index contributed by atoms with van der Waals surface area (Å²) >= 11 is 0. The zero-order chi connectivity index (χ0) is 17.2. The maximum absolute atomic E-state index is 13.9. The summed E-state index contributed by atoms with van der Waals surface area (Å²) < 4.78 is 39.7. The molecule has 2 amide bonds. The highest BCUT2D eigenvalue weighted by Crippen LogP contribution is 2.27. The van der Waals surface area contributed by atoms with Gasteiger partial charge in [0.15, 0.2) is 0 Å². The predicted molar refractivity (Wildman–Crippen MR) is 79.7 cm³/mol. The molecule has 0 aromatic heterocycles. The summed E-state index contributed by atoms with van der Waals surface area (Å²) in [5.41, 5.74) is -1.76. The van der Waals surface area contributed by atoms with Crippen molar-refractivity contribution in [2.45, 2.75) is 39.2 Å². The number of anilines is 1. The third-order valence-corrected chi connectivity index (χ3v) is 4.02. The number of hydrogen-bond donors (Lipinski definition) is 1. The minimum Gasteiger partial charge on any atom is -0.344 e. The minimum atomic E-state index is -2.84. The summed E-state index contributed by atoms with van der Waals surface area (Å²) in [6.45, 7) is 2.56. The van der Waals surface area contributed by atoms with Gasteiger partial charge in [0, 0.05) is 6.54 Å². The molecule has 1 saturated heterocycles. The number of piperidine rings is 1. The summed E-state index contributed by atoms with van der Waals surface area (Å²) in [5, 5.41) is 2.38. The standard InChI is InChI=1S/C16H19F3N2O2/c1-16(2,14(18)19)15(23)20-11-7-5-9-21(13(11)22)12-8-4-3-6-10(12)17/h3-4,6,8,11,14H,5,7,9H2,1-2H3,(H,20,23). The molecule has 126 valence electrons. The number of hydrogen-bond acceptors (Lipinski definition) is 2. The molecule has 1 fully saturated rings. The maximum atomic E-state index is 13.9. The predicted octanol–water partition coefficient (Wildman–Crippen LogP) is 2.73. The molecule has 0 aliphatic carbocycles. The molecule has 1 aliphatic heterocycles. The van der Waals surface area contributed by atoms with Gasteiger partial charge in [0.25, 0.3) is 6.43 Å². The second kappa shape index (κ2) is 6.60. The van der Waals surface area contributed by atoms with E-state index in [2.05, 4.69) is 5.32 Å². The number of halogens is 3. The molecule has 1 aromatic rings. The second-order valence-electron chi connectivity index (χ2n) is 6.13. The average molecular weight is 328 g/mol. The largest absolute Gasteiger partial charge is 0.344 e. The van der Waals surface area contributed by atoms with E-state index in [0.29, 0.717) is 19.4 Å². The molecule has 1 aromatic carbocycles. The average Bonchev–Trinajstić information content (AvgIpc) is 2.50. The molecule has 1 unspecified atom stereocenters. The van der Waals surface area contributed by atoms with Gasteiger partial charge in [-0.15, -0.1) is 0 Å². The molecule has 1 atom stereocenters. The Kier molecular flexibility index (Phi) is 4.97. The molecule has 0 radical (unpaired) electrons. The molecule has 1 aliphatic rings. The van der Waals surface area contributed by atoms with E-state index in [1.807, 2.05) is 0 Å². The summed E-state index contributed by atoms with van der Waals surface area (Å²) in [7, 11) is 0. The van der Waals surface area contributed by atoms with Crippen LogP contribution in [-0.4, -0.2) is 30.8 Å². The fourth-order valence-electron chi connectivity index (χ4n) is 2.36. The van der Waals surface area contributed by atoms with E-state index in [1.165, 1.54) is 23.1 Å². The van der Waals surface area contributed by atoms with Gasteiger partial charge in [0.1, 0.15) is 17.3 Å². The zero-order valence-electron chi connectivity index (χ0n) is 13.0. The third kappa shape index (κ3) is 3.48. The van der Waals surface area contributed by atoms with Crippen molar-refractivity contribution in [2.75, 3.05) is 11.4 Å². The number of benzene rings is 1. The van der Waals surface area contributed by atoms with Gasteiger partial charge in [-0.2, -0.15) is 0 Å². The van der Waals surface area contributed by atoms with Crippen molar-refractivity contribution in [1.29, 1.82) is 0 Å². The van der Waals surface area contributed by atoms with Crippen molar-refractivity contribution in [3.05, 3.63) is 30.1 Å². The van der Waals surface area contributed by atoms with Gasteiger partial charge < -0.3 is 10.2 Å². The molecule has 1 heterocycles. The molecular weight excluding hydrogens is 309 g/mol. The van der Waals surface area contributed by atoms with E-state index in [-0.39, 0.29) is 5.69 Å². The lowest BCUT2D eigenvalue weighted by molar-refractivity contribution is -0.140. The fraction of sp³-hybridized carbons (Fsp3) is 0.500. The summed E-state index contributed by atoms with van der Waals surface area (Å²) in [6, 6.07) is 4.91. The fourth-order valence-corrected chi connectivity index (χ4v) is 2.36. The number of nitrogens with zero attached hydrogens (tertiary/aromatic N) is 1. The summed E-state index contributed by atoms with van der Waals surface area (Å²) in [4.78, 5) is 25.7. The zero-order valence-corrected chi connectivity index (χ0v) is 13.0. The monoisotopic (exact) mass is 328 g/mol. The van der Waals surface area contributed by atoms with Crippen LogP contribution in [0.25, 0.3) is 0 Å². The van der Waals surface area contributed by atoms with Crippen LogP contribution in [0.1, 0.15) is 26.7 Å². The number of carbonyl (C=O) groups is 2. The van der Waals surface area contributed by atoms with Crippen LogP contribution >= 0.6 is 0 Å². The molecule has 7 heteroatoms. The van der Waals surface area contributed by atoms with E-state index < -0.39 is 35.5 Å². The Morgan fingerprint density at radius 3 is 2.61 bits per heavy atom. The van der Waals surface area contributed by atoms with E-state index in [9.17, 15) is 22.8 Å². The Bertz CT molecular complexity index is 605. The molecular formula is C16H19F3N2O2. The molecule has 0 saturated carbocycles. The van der Waals surface area contributed by atoms with Crippen molar-refractivity contribution in [3.8, 4) is 0 Å². The van der Waals surface area contributed by atoms with Crippen LogP contribution in [0, 0.1) is 11.2 Å². The molecule has 0 bridgehead atoms. The highest BCUT2D eigenvalue weighted by molar-refractivity contribution is 6.00. The van der Waals surface area contributed by atoms with Crippen molar-refractivity contribution >= 4 is 17.5 Å². The minimum absolute atomic E-state index is 0.129. The number of nitrogens with one attached hydrogen (secondary N) is 1. The Morgan fingerprint density at radius 1 is 1.35 bits per heavy atom. The van der Waals surface area contributed by atoms with Gasteiger partial charge in [-0.05, 0) is 38.8 Å². The normalized spacial score (nSPS) is 19.1. The van der Waals surface area contributed by atoms with Crippen LogP contribution in [0.4, 0.5) is 18.9 Å². The van der Waals surface area contributed by atoms with Gasteiger partial charge in [0.2, 0.25) is 11.8 Å². The van der Waals surface area contributed by atoms with Crippen LogP contribution in [-0.2, 0) is 9.59 Å². The van der Waals surface area contributed by atoms with Crippen LogP contribution in [0.15, 0.2) is 24.3 Å². The lowest BCUT2D eigenvalue weighted by atomic mass is 9.92. The Balaban J connectivity index is 2.15. The first-order valence-electron chi connectivity index (χ1n) is 7.40. The lowest BCUT2D eigenvalue weighted by Crippen LogP contribution is -2.55. The van der Waals surface area contributed by atoms with Crippen LogP contribution in [0.2, 0.25) is 0 Å². The summed E-state index contributed by atoms with van der Waals surface area (Å²) in [5.74, 6) is -1.92. The first-order valence-corrected chi connectivity index (χ1v) is 7.40. The number of para-hydroxylation sites is 1. The first-order chi connectivity index (χ1) is 10.7. The van der Waals surface area contributed by atoms with Crippen LogP contribution < -0.4 is 10.2 Å². The lowest BCUT2D eigenvalue weighted by Gasteiger charge is -2.34. The molecule has 0 spiro atoms. The maximum Gasteiger partial charge on any atom is 0.252 e. The topological polar surface area (TPSA) is 49.4 Å². The van der Waals surface area contributed by atoms with Crippen molar-refractivity contribution < 1.29 is 22.8 Å². The van der Waals surface area contributed by atoms with Gasteiger partial charge >= 0.3 is 0 Å². The van der Waals surface area contributed by atoms with E-state index >= 15 is 0 Å². The molecule has 4 nitrogen and oxygen atoms in total. The first kappa shape index (κ1) is 17.3. The second-order valence-corrected chi connectivity index (χ2v) is 6.13. The van der Waals surface area contributed by atoms with Gasteiger partial charge in [-0.25, -0.2) is 13.2 Å². The number of carbonyl (C=O) groups excluding carboxylic acids is 2. The Hall–Kier alpha value is -2.05. The van der Waals surface area contributed by atoms with E-state index in [1.54, 1.807) is 6.07 Å². The molecule has 2 rings (SSSR count). The molecule has 23 heavy (non-hydrogen) atoms. The smallest absolute Gasteiger partial charge is 0.252 e. The van der Waals surface area contributed by atoms with Crippen molar-refractivity contribution in [1.82, 2.24) is 5.32 Å². The van der Waals surface area contributed by atoms with Crippen molar-refractivity contribution in [3.63, 3.8) is 0 Å². The SMILES string of the molecule is CC(C)(C(=O)NC1CCCN(c2ccccc2F)C1=O)C(F)F. The van der Waals surface area contributed by atoms with E-state index in [0.717, 1.165) is 13.8 Å². The third-order valence-electron chi connectivity index (χ3n) is 4.02. The molecule has 1 N–H and O–H groups in total. The van der Waals surface area contributed by atoms with Crippen molar-refractivity contribution in [2.24, 2.45) is 5.41 Å². The quantitative estimate of drug-likeness (QED) is 0.924. The van der Waals surface area contributed by atoms with Gasteiger partial charge in [0.05, 0.1) is 5.69 Å². The number of alkyl halides is 2. The Morgan fingerprint density at radius 2 is 2.00 bits per heavy atom. The highest BCUT2D eigenvalue weighted by Gasteiger charge is 2.41.